The summed E-state index contributed by atoms with van der Waals surface area (Å²) in [5.74, 6) is 1.80. The normalized spacial score (nSPS) is 37.2. The zero-order chi connectivity index (χ0) is 21.4. The zero-order valence-corrected chi connectivity index (χ0v) is 18.4. The van der Waals surface area contributed by atoms with Gasteiger partial charge in [0.15, 0.2) is 0 Å². The Kier molecular flexibility index (Phi) is 3.96. The van der Waals surface area contributed by atoms with Crippen LogP contribution in [-0.2, 0) is 5.54 Å². The Labute approximate surface area is 183 Å². The third-order valence-electron chi connectivity index (χ3n) is 8.21. The fourth-order valence-corrected chi connectivity index (χ4v) is 7.47. The second-order valence-electron chi connectivity index (χ2n) is 11.4. The first kappa shape index (κ1) is 19.4. The van der Waals surface area contributed by atoms with Crippen LogP contribution in [0.4, 0.5) is 5.82 Å². The topological polar surface area (TPSA) is 79.2 Å². The van der Waals surface area contributed by atoms with E-state index in [2.05, 4.69) is 53.8 Å². The molecule has 7 rings (SSSR count). The predicted octanol–water partition coefficient (Wildman–Crippen LogP) is 3.99. The van der Waals surface area contributed by atoms with Crippen LogP contribution in [0.2, 0.25) is 0 Å². The monoisotopic (exact) mass is 420 g/mol. The maximum atomic E-state index is 13.5. The second-order valence-corrected chi connectivity index (χ2v) is 11.4. The van der Waals surface area contributed by atoms with Gasteiger partial charge in [0.25, 0.3) is 5.91 Å². The van der Waals surface area contributed by atoms with Gasteiger partial charge in [0.1, 0.15) is 11.4 Å². The number of nitrogens with zero attached hydrogens (tertiary/aromatic N) is 2. The lowest BCUT2D eigenvalue weighted by Crippen LogP contribution is -2.65. The Morgan fingerprint density at radius 1 is 1.13 bits per heavy atom. The second kappa shape index (κ2) is 6.35. The minimum Gasteiger partial charge on any atom is -0.390 e. The van der Waals surface area contributed by atoms with Crippen LogP contribution in [-0.4, -0.2) is 31.9 Å². The first-order valence-electron chi connectivity index (χ1n) is 11.7. The van der Waals surface area contributed by atoms with Gasteiger partial charge in [0, 0.05) is 5.54 Å². The molecule has 6 nitrogen and oxygen atoms in total. The van der Waals surface area contributed by atoms with E-state index in [0.717, 1.165) is 37.9 Å². The number of amides is 1. The van der Waals surface area contributed by atoms with Crippen LogP contribution in [0.15, 0.2) is 36.5 Å². The zero-order valence-electron chi connectivity index (χ0n) is 18.4. The van der Waals surface area contributed by atoms with Crippen molar-refractivity contribution in [2.75, 3.05) is 5.32 Å². The summed E-state index contributed by atoms with van der Waals surface area (Å²) in [7, 11) is 0. The van der Waals surface area contributed by atoms with Gasteiger partial charge in [-0.3, -0.25) is 4.79 Å². The third-order valence-corrected chi connectivity index (χ3v) is 8.21. The number of rotatable bonds is 3. The molecular weight excluding hydrogens is 388 g/mol. The van der Waals surface area contributed by atoms with Crippen molar-refractivity contribution in [2.24, 2.45) is 11.8 Å². The number of nitrogens with one attached hydrogen (secondary N) is 2. The quantitative estimate of drug-likeness (QED) is 0.702. The molecule has 31 heavy (non-hydrogen) atoms. The SMILES string of the molecule is CC1(C)CC(c2ccccc2)Nc2c(C(=O)NC34CC5CC(CC(O)(C5)C3)C4)cnn21. The number of carbonyl (C=O) groups excluding carboxylic acids is 1. The smallest absolute Gasteiger partial charge is 0.257 e. The average Bonchev–Trinajstić information content (AvgIpc) is 3.11. The maximum absolute atomic E-state index is 13.5. The summed E-state index contributed by atoms with van der Waals surface area (Å²) < 4.78 is 1.97. The number of hydrogen-bond donors (Lipinski definition) is 3. The van der Waals surface area contributed by atoms with Gasteiger partial charge in [0.05, 0.1) is 23.4 Å². The molecule has 3 atom stereocenters. The molecule has 4 fully saturated rings. The fourth-order valence-electron chi connectivity index (χ4n) is 7.47. The van der Waals surface area contributed by atoms with Crippen molar-refractivity contribution in [3.8, 4) is 0 Å². The van der Waals surface area contributed by atoms with Crippen molar-refractivity contribution in [2.45, 2.75) is 81.5 Å². The highest BCUT2D eigenvalue weighted by molar-refractivity contribution is 5.99. The number of benzene rings is 1. The molecule has 0 radical (unpaired) electrons. The molecule has 6 heteroatoms. The Bertz CT molecular complexity index is 1010. The minimum absolute atomic E-state index is 0.0659. The number of anilines is 1. The molecule has 3 unspecified atom stereocenters. The Balaban J connectivity index is 1.30. The molecule has 1 aliphatic heterocycles. The van der Waals surface area contributed by atoms with Crippen molar-refractivity contribution >= 4 is 11.7 Å². The highest BCUT2D eigenvalue weighted by Crippen LogP contribution is 2.57. The van der Waals surface area contributed by atoms with Gasteiger partial charge in [-0.25, -0.2) is 4.68 Å². The number of aliphatic hydroxyl groups is 1. The van der Waals surface area contributed by atoms with Crippen LogP contribution < -0.4 is 10.6 Å². The highest BCUT2D eigenvalue weighted by atomic mass is 16.3. The molecule has 164 valence electrons. The van der Waals surface area contributed by atoms with Crippen molar-refractivity contribution in [3.63, 3.8) is 0 Å². The van der Waals surface area contributed by atoms with Crippen LogP contribution in [0.25, 0.3) is 0 Å². The molecule has 1 aromatic carbocycles. The largest absolute Gasteiger partial charge is 0.390 e. The van der Waals surface area contributed by atoms with Gasteiger partial charge in [-0.15, -0.1) is 0 Å². The van der Waals surface area contributed by atoms with Crippen LogP contribution in [0.1, 0.15) is 80.8 Å². The summed E-state index contributed by atoms with van der Waals surface area (Å²) in [6, 6.07) is 10.5. The molecule has 2 aromatic rings. The van der Waals surface area contributed by atoms with E-state index in [4.69, 9.17) is 0 Å². The van der Waals surface area contributed by atoms with E-state index in [9.17, 15) is 9.90 Å². The molecule has 3 N–H and O–H groups in total. The van der Waals surface area contributed by atoms with E-state index in [1.54, 1.807) is 6.20 Å². The summed E-state index contributed by atoms with van der Waals surface area (Å²) in [5, 5.41) is 22.7. The lowest BCUT2D eigenvalue weighted by Gasteiger charge is -2.60. The van der Waals surface area contributed by atoms with E-state index in [0.29, 0.717) is 23.8 Å². The van der Waals surface area contributed by atoms with E-state index < -0.39 is 5.60 Å². The van der Waals surface area contributed by atoms with E-state index in [-0.39, 0.29) is 23.0 Å². The number of hydrogen-bond acceptors (Lipinski definition) is 4. The van der Waals surface area contributed by atoms with Gasteiger partial charge in [-0.1, -0.05) is 30.3 Å². The number of aromatic nitrogens is 2. The molecule has 4 saturated carbocycles. The molecule has 5 aliphatic rings. The third kappa shape index (κ3) is 3.10. The van der Waals surface area contributed by atoms with Crippen LogP contribution in [0.3, 0.4) is 0 Å². The Morgan fingerprint density at radius 3 is 2.52 bits per heavy atom. The van der Waals surface area contributed by atoms with E-state index in [1.165, 1.54) is 12.0 Å². The molecule has 0 saturated heterocycles. The van der Waals surface area contributed by atoms with Gasteiger partial charge in [-0.2, -0.15) is 5.10 Å². The lowest BCUT2D eigenvalue weighted by molar-refractivity contribution is -0.139. The molecule has 4 bridgehead atoms. The van der Waals surface area contributed by atoms with E-state index >= 15 is 0 Å². The van der Waals surface area contributed by atoms with Crippen LogP contribution in [0, 0.1) is 11.8 Å². The minimum atomic E-state index is -0.589. The molecule has 0 spiro atoms. The van der Waals surface area contributed by atoms with Gasteiger partial charge < -0.3 is 15.7 Å². The molecule has 1 aromatic heterocycles. The summed E-state index contributed by atoms with van der Waals surface area (Å²) >= 11 is 0. The number of carbonyl (C=O) groups is 1. The van der Waals surface area contributed by atoms with Crippen molar-refractivity contribution in [1.82, 2.24) is 15.1 Å². The molecular formula is C25H32N4O2. The summed E-state index contributed by atoms with van der Waals surface area (Å²) in [4.78, 5) is 13.5. The highest BCUT2D eigenvalue weighted by Gasteiger charge is 2.57. The van der Waals surface area contributed by atoms with Crippen LogP contribution in [0.5, 0.6) is 0 Å². The Morgan fingerprint density at radius 2 is 1.84 bits per heavy atom. The summed E-state index contributed by atoms with van der Waals surface area (Å²) in [6.07, 6.45) is 8.29. The van der Waals surface area contributed by atoms with Crippen LogP contribution >= 0.6 is 0 Å². The predicted molar refractivity (Wildman–Crippen MR) is 119 cm³/mol. The number of fused-ring (bicyclic) bond motifs is 1. The summed E-state index contributed by atoms with van der Waals surface area (Å²) in [6.45, 7) is 4.35. The van der Waals surface area contributed by atoms with Crippen molar-refractivity contribution in [3.05, 3.63) is 47.7 Å². The molecule has 1 amide bonds. The van der Waals surface area contributed by atoms with Crippen molar-refractivity contribution < 1.29 is 9.90 Å². The average molecular weight is 421 g/mol. The van der Waals surface area contributed by atoms with Gasteiger partial charge >= 0.3 is 0 Å². The molecule has 2 heterocycles. The fraction of sp³-hybridized carbons (Fsp3) is 0.600. The van der Waals surface area contributed by atoms with Gasteiger partial charge in [-0.05, 0) is 76.2 Å². The molecule has 4 aliphatic carbocycles. The first-order valence-corrected chi connectivity index (χ1v) is 11.7. The maximum Gasteiger partial charge on any atom is 0.257 e. The standard InChI is InChI=1S/C25H32N4O2/c1-23(2)13-20(18-6-4-3-5-7-18)27-21-19(14-26-29(21)23)22(30)28-24-9-16-8-17(10-24)12-25(31,11-16)15-24/h3-7,14,16-17,20,27,31H,8-13,15H2,1-2H3,(H,28,30). The van der Waals surface area contributed by atoms with Crippen molar-refractivity contribution in [1.29, 1.82) is 0 Å². The summed E-state index contributed by atoms with van der Waals surface area (Å²) in [5.41, 5.74) is 0.770. The first-order chi connectivity index (χ1) is 14.7. The van der Waals surface area contributed by atoms with E-state index in [1.807, 2.05) is 10.7 Å². The Hall–Kier alpha value is -2.34. The lowest BCUT2D eigenvalue weighted by atomic mass is 9.51. The van der Waals surface area contributed by atoms with Gasteiger partial charge in [0.2, 0.25) is 0 Å².